The lowest BCUT2D eigenvalue weighted by atomic mass is 9.81. The number of carbonyl (C=O) groups excluding carboxylic acids is 1. The summed E-state index contributed by atoms with van der Waals surface area (Å²) in [5.74, 6) is -1.34. The Morgan fingerprint density at radius 3 is 2.21 bits per heavy atom. The van der Waals surface area contributed by atoms with E-state index in [0.29, 0.717) is 11.8 Å². The van der Waals surface area contributed by atoms with Crippen LogP contribution in [0, 0.1) is 17.8 Å². The molecule has 230 valence electrons. The third-order valence-corrected chi connectivity index (χ3v) is 8.63. The van der Waals surface area contributed by atoms with Crippen LogP contribution in [0.5, 0.6) is 11.6 Å². The first-order valence-electron chi connectivity index (χ1n) is 14.8. The fraction of sp³-hybridized carbons (Fsp3) is 0.516. The van der Waals surface area contributed by atoms with E-state index in [9.17, 15) is 27.9 Å². The average Bonchev–Trinajstić information content (AvgIpc) is 3.48. The number of aromatic nitrogens is 4. The zero-order valence-corrected chi connectivity index (χ0v) is 24.3. The number of hydrogen-bond donors (Lipinski definition) is 1. The Hall–Kier alpha value is -3.96. The zero-order chi connectivity index (χ0) is 30.7. The molecule has 9 nitrogen and oxygen atoms in total. The Kier molecular flexibility index (Phi) is 9.03. The SMILES string of the molecule is CC1CCC(C(=O)N(c2ccc(Oc3ncc(Cn4nccn4)cc3C(F)(F)F)cc2C(=O)O)C2CCC(C)CC2)CC1. The number of carboxylic acids is 1. The molecule has 2 fully saturated rings. The number of halogens is 3. The number of amides is 1. The summed E-state index contributed by atoms with van der Waals surface area (Å²) in [5, 5.41) is 18.0. The Balaban J connectivity index is 1.47. The standard InChI is InChI=1S/C31H36F3N5O4/c1-19-3-7-22(8-4-19)29(40)39(23-9-5-20(2)6-10-23)27-12-11-24(16-25(27)30(41)42)43-28-26(31(32,33)34)15-21(17-35-28)18-38-36-13-14-37-38/h11-17,19-20,22-23H,3-10,18H2,1-2H3,(H,41,42). The summed E-state index contributed by atoms with van der Waals surface area (Å²) >= 11 is 0. The highest BCUT2D eigenvalue weighted by Crippen LogP contribution is 2.40. The van der Waals surface area contributed by atoms with Gasteiger partial charge in [-0.2, -0.15) is 28.2 Å². The number of anilines is 1. The minimum atomic E-state index is -4.79. The van der Waals surface area contributed by atoms with E-state index in [-0.39, 0.29) is 47.0 Å². The van der Waals surface area contributed by atoms with Crippen molar-refractivity contribution in [2.24, 2.45) is 17.8 Å². The predicted octanol–water partition coefficient (Wildman–Crippen LogP) is 6.97. The number of carbonyl (C=O) groups is 2. The summed E-state index contributed by atoms with van der Waals surface area (Å²) in [6.07, 6.45) is 6.03. The molecule has 2 saturated carbocycles. The van der Waals surface area contributed by atoms with Gasteiger partial charge in [-0.1, -0.05) is 13.8 Å². The quantitative estimate of drug-likeness (QED) is 0.298. The highest BCUT2D eigenvalue weighted by Gasteiger charge is 2.38. The van der Waals surface area contributed by atoms with E-state index in [2.05, 4.69) is 29.0 Å². The van der Waals surface area contributed by atoms with Gasteiger partial charge >= 0.3 is 12.1 Å². The summed E-state index contributed by atoms with van der Waals surface area (Å²) in [4.78, 5) is 33.3. The second-order valence-corrected chi connectivity index (χ2v) is 11.9. The number of aromatic carboxylic acids is 1. The third kappa shape index (κ3) is 7.17. The normalized spacial score (nSPS) is 22.6. The van der Waals surface area contributed by atoms with Crippen molar-refractivity contribution in [2.45, 2.75) is 84.0 Å². The maximum atomic E-state index is 14.0. The molecule has 43 heavy (non-hydrogen) atoms. The molecule has 2 aliphatic carbocycles. The van der Waals surface area contributed by atoms with E-state index in [1.165, 1.54) is 41.6 Å². The molecule has 0 unspecified atom stereocenters. The van der Waals surface area contributed by atoms with Gasteiger partial charge in [0.15, 0.2) is 0 Å². The number of pyridine rings is 1. The number of rotatable bonds is 8. The monoisotopic (exact) mass is 599 g/mol. The molecular weight excluding hydrogens is 563 g/mol. The average molecular weight is 600 g/mol. The van der Waals surface area contributed by atoms with Crippen LogP contribution in [-0.2, 0) is 17.5 Å². The van der Waals surface area contributed by atoms with E-state index in [0.717, 1.165) is 57.4 Å². The van der Waals surface area contributed by atoms with Crippen LogP contribution in [0.25, 0.3) is 0 Å². The molecule has 1 N–H and O–H groups in total. The first-order valence-corrected chi connectivity index (χ1v) is 14.8. The third-order valence-electron chi connectivity index (χ3n) is 8.63. The topological polar surface area (TPSA) is 110 Å². The van der Waals surface area contributed by atoms with Crippen LogP contribution in [-0.4, -0.2) is 43.0 Å². The van der Waals surface area contributed by atoms with Crippen molar-refractivity contribution in [3.8, 4) is 11.6 Å². The van der Waals surface area contributed by atoms with E-state index in [4.69, 9.17) is 4.74 Å². The molecular formula is C31H36F3N5O4. The molecule has 1 aromatic carbocycles. The lowest BCUT2D eigenvalue weighted by Gasteiger charge is -2.39. The van der Waals surface area contributed by atoms with E-state index in [1.54, 1.807) is 4.90 Å². The van der Waals surface area contributed by atoms with Gasteiger partial charge in [0.05, 0.1) is 30.2 Å². The summed E-state index contributed by atoms with van der Waals surface area (Å²) in [6.45, 7) is 4.32. The van der Waals surface area contributed by atoms with Gasteiger partial charge in [0.2, 0.25) is 11.8 Å². The van der Waals surface area contributed by atoms with Gasteiger partial charge < -0.3 is 14.7 Å². The second-order valence-electron chi connectivity index (χ2n) is 11.9. The van der Waals surface area contributed by atoms with Gasteiger partial charge in [-0.05, 0) is 93.0 Å². The zero-order valence-electron chi connectivity index (χ0n) is 24.3. The lowest BCUT2D eigenvalue weighted by molar-refractivity contribution is -0.139. The van der Waals surface area contributed by atoms with E-state index < -0.39 is 23.6 Å². The number of carboxylic acid groups (broad SMARTS) is 1. The minimum Gasteiger partial charge on any atom is -0.478 e. The predicted molar refractivity (Wildman–Crippen MR) is 152 cm³/mol. The second kappa shape index (κ2) is 12.7. The van der Waals surface area contributed by atoms with Crippen LogP contribution < -0.4 is 9.64 Å². The summed E-state index contributed by atoms with van der Waals surface area (Å²) in [7, 11) is 0. The number of alkyl halides is 3. The molecule has 2 aromatic heterocycles. The fourth-order valence-corrected chi connectivity index (χ4v) is 6.13. The van der Waals surface area contributed by atoms with Crippen molar-refractivity contribution >= 4 is 17.6 Å². The van der Waals surface area contributed by atoms with Gasteiger partial charge in [0.25, 0.3) is 0 Å². The van der Waals surface area contributed by atoms with Crippen LogP contribution in [0.4, 0.5) is 18.9 Å². The molecule has 3 aromatic rings. The largest absolute Gasteiger partial charge is 0.478 e. The Bertz CT molecular complexity index is 1430. The van der Waals surface area contributed by atoms with Gasteiger partial charge in [-0.15, -0.1) is 0 Å². The first-order chi connectivity index (χ1) is 20.5. The van der Waals surface area contributed by atoms with Crippen molar-refractivity contribution in [1.29, 1.82) is 0 Å². The van der Waals surface area contributed by atoms with Gasteiger partial charge in [0.1, 0.15) is 11.3 Å². The number of nitrogens with zero attached hydrogens (tertiary/aromatic N) is 5. The van der Waals surface area contributed by atoms with Gasteiger partial charge in [-0.3, -0.25) is 4.79 Å². The Morgan fingerprint density at radius 1 is 0.977 bits per heavy atom. The molecule has 0 atom stereocenters. The van der Waals surface area contributed by atoms with Crippen LogP contribution in [0.15, 0.2) is 42.9 Å². The minimum absolute atomic E-state index is 0.0229. The van der Waals surface area contributed by atoms with Crippen molar-refractivity contribution in [3.63, 3.8) is 0 Å². The maximum absolute atomic E-state index is 14.0. The summed E-state index contributed by atoms with van der Waals surface area (Å²) in [6, 6.07) is 4.82. The van der Waals surface area contributed by atoms with Crippen molar-refractivity contribution < 1.29 is 32.6 Å². The molecule has 0 aliphatic heterocycles. The highest BCUT2D eigenvalue weighted by atomic mass is 19.4. The smallest absolute Gasteiger partial charge is 0.421 e. The summed E-state index contributed by atoms with van der Waals surface area (Å²) in [5.41, 5.74) is -0.860. The van der Waals surface area contributed by atoms with E-state index in [1.807, 2.05) is 0 Å². The van der Waals surface area contributed by atoms with Crippen LogP contribution in [0.1, 0.15) is 86.7 Å². The van der Waals surface area contributed by atoms with Crippen molar-refractivity contribution in [2.75, 3.05) is 4.90 Å². The molecule has 0 bridgehead atoms. The molecule has 0 spiro atoms. The van der Waals surface area contributed by atoms with E-state index >= 15 is 0 Å². The first kappa shape index (κ1) is 30.5. The number of benzene rings is 1. The van der Waals surface area contributed by atoms with Gasteiger partial charge in [-0.25, -0.2) is 9.78 Å². The molecule has 0 radical (unpaired) electrons. The lowest BCUT2D eigenvalue weighted by Crippen LogP contribution is -2.46. The molecule has 2 heterocycles. The van der Waals surface area contributed by atoms with Crippen LogP contribution in [0.2, 0.25) is 0 Å². The van der Waals surface area contributed by atoms with Crippen molar-refractivity contribution in [1.82, 2.24) is 20.0 Å². The highest BCUT2D eigenvalue weighted by molar-refractivity contribution is 6.03. The molecule has 5 rings (SSSR count). The number of ether oxygens (including phenoxy) is 1. The number of hydrogen-bond acceptors (Lipinski definition) is 6. The maximum Gasteiger partial charge on any atom is 0.421 e. The Morgan fingerprint density at radius 2 is 1.60 bits per heavy atom. The summed E-state index contributed by atoms with van der Waals surface area (Å²) < 4.78 is 47.6. The fourth-order valence-electron chi connectivity index (χ4n) is 6.13. The van der Waals surface area contributed by atoms with Crippen molar-refractivity contribution in [3.05, 3.63) is 59.5 Å². The molecule has 2 aliphatic rings. The van der Waals surface area contributed by atoms with Crippen LogP contribution >= 0.6 is 0 Å². The van der Waals surface area contributed by atoms with Gasteiger partial charge in [0, 0.05) is 18.2 Å². The molecule has 1 amide bonds. The molecule has 0 saturated heterocycles. The Labute approximate surface area is 248 Å². The van der Waals surface area contributed by atoms with Crippen LogP contribution in [0.3, 0.4) is 0 Å². The molecule has 12 heteroatoms.